The Labute approximate surface area is 204 Å². The maximum atomic E-state index is 13.7. The minimum atomic E-state index is -0.200. The van der Waals surface area contributed by atoms with Gasteiger partial charge in [0.05, 0.1) is 30.7 Å². The van der Waals surface area contributed by atoms with Crippen LogP contribution in [0.2, 0.25) is 0 Å². The number of nitrogens with zero attached hydrogens (tertiary/aromatic N) is 3. The van der Waals surface area contributed by atoms with E-state index in [0.717, 1.165) is 41.4 Å². The van der Waals surface area contributed by atoms with E-state index < -0.39 is 0 Å². The highest BCUT2D eigenvalue weighted by atomic mass is 32.2. The zero-order chi connectivity index (χ0) is 23.9. The molecule has 0 saturated carbocycles. The molecule has 0 amide bonds. The molecule has 2 aliphatic rings. The Morgan fingerprint density at radius 1 is 1.18 bits per heavy atom. The molecule has 2 fully saturated rings. The van der Waals surface area contributed by atoms with Crippen molar-refractivity contribution in [1.29, 1.82) is 0 Å². The molecular formula is C26H32N4O3S. The largest absolute Gasteiger partial charge is 0.378 e. The number of benzene rings is 2. The third-order valence-corrected chi connectivity index (χ3v) is 7.49. The highest BCUT2D eigenvalue weighted by Gasteiger charge is 2.44. The van der Waals surface area contributed by atoms with E-state index in [2.05, 4.69) is 37.8 Å². The quantitative estimate of drug-likeness (QED) is 0.537. The van der Waals surface area contributed by atoms with Gasteiger partial charge in [-0.2, -0.15) is 0 Å². The first-order valence-electron chi connectivity index (χ1n) is 11.8. The van der Waals surface area contributed by atoms with Crippen LogP contribution < -0.4 is 15.6 Å². The molecule has 3 aromatic rings. The second kappa shape index (κ2) is 9.34. The lowest BCUT2D eigenvalue weighted by atomic mass is 9.82. The minimum absolute atomic E-state index is 0.00776. The molecule has 180 valence electrons. The summed E-state index contributed by atoms with van der Waals surface area (Å²) < 4.78 is 13.3. The third kappa shape index (κ3) is 4.35. The third-order valence-electron chi connectivity index (χ3n) is 6.97. The van der Waals surface area contributed by atoms with E-state index >= 15 is 0 Å². The van der Waals surface area contributed by atoms with Crippen LogP contribution in [0.15, 0.2) is 46.1 Å². The average Bonchev–Trinajstić information content (AvgIpc) is 2.84. The molecule has 34 heavy (non-hydrogen) atoms. The van der Waals surface area contributed by atoms with Gasteiger partial charge in [-0.15, -0.1) is 0 Å². The summed E-state index contributed by atoms with van der Waals surface area (Å²) in [6.45, 7) is 10.7. The van der Waals surface area contributed by atoms with Crippen molar-refractivity contribution in [2.45, 2.75) is 44.7 Å². The smallest absolute Gasteiger partial charge is 0.261 e. The van der Waals surface area contributed by atoms with Crippen LogP contribution >= 0.6 is 11.9 Å². The molecule has 3 heterocycles. The van der Waals surface area contributed by atoms with Gasteiger partial charge in [0.15, 0.2) is 0 Å². The number of hydrogen-bond acceptors (Lipinski definition) is 7. The lowest BCUT2D eigenvalue weighted by Crippen LogP contribution is -2.44. The van der Waals surface area contributed by atoms with Gasteiger partial charge < -0.3 is 14.4 Å². The fourth-order valence-corrected chi connectivity index (χ4v) is 5.23. The van der Waals surface area contributed by atoms with Crippen LogP contribution in [0.1, 0.15) is 36.9 Å². The van der Waals surface area contributed by atoms with Crippen molar-refractivity contribution >= 4 is 28.5 Å². The number of aromatic nitrogens is 2. The van der Waals surface area contributed by atoms with E-state index in [-0.39, 0.29) is 17.1 Å². The molecule has 8 heteroatoms. The van der Waals surface area contributed by atoms with Crippen molar-refractivity contribution in [3.05, 3.63) is 63.7 Å². The SMILES string of the molecule is Cc1cc(SN)ccc1CCn1c(C2OCC2(C)C)nc2cc(N3CCOCC3)ccc2c1=O. The first-order valence-corrected chi connectivity index (χ1v) is 12.7. The highest BCUT2D eigenvalue weighted by Crippen LogP contribution is 2.45. The van der Waals surface area contributed by atoms with Crippen molar-refractivity contribution in [1.82, 2.24) is 9.55 Å². The molecule has 0 aliphatic carbocycles. The van der Waals surface area contributed by atoms with Gasteiger partial charge in [0.1, 0.15) is 11.9 Å². The molecule has 1 unspecified atom stereocenters. The summed E-state index contributed by atoms with van der Waals surface area (Å²) in [6.07, 6.45) is 0.536. The maximum Gasteiger partial charge on any atom is 0.261 e. The fourth-order valence-electron chi connectivity index (χ4n) is 4.84. The predicted octanol–water partition coefficient (Wildman–Crippen LogP) is 3.85. The van der Waals surface area contributed by atoms with Gasteiger partial charge in [-0.3, -0.25) is 14.5 Å². The number of fused-ring (bicyclic) bond motifs is 1. The summed E-state index contributed by atoms with van der Waals surface area (Å²) >= 11 is 1.25. The maximum absolute atomic E-state index is 13.7. The molecule has 0 spiro atoms. The molecule has 2 aliphatic heterocycles. The van der Waals surface area contributed by atoms with Crippen molar-refractivity contribution in [3.63, 3.8) is 0 Å². The molecular weight excluding hydrogens is 448 g/mol. The first-order chi connectivity index (χ1) is 16.4. The van der Waals surface area contributed by atoms with E-state index in [9.17, 15) is 4.79 Å². The molecule has 0 bridgehead atoms. The van der Waals surface area contributed by atoms with Crippen LogP contribution in [-0.2, 0) is 22.4 Å². The summed E-state index contributed by atoms with van der Waals surface area (Å²) in [7, 11) is 0. The van der Waals surface area contributed by atoms with Crippen molar-refractivity contribution < 1.29 is 9.47 Å². The Hall–Kier alpha value is -2.39. The number of anilines is 1. The summed E-state index contributed by atoms with van der Waals surface area (Å²) in [4.78, 5) is 22.1. The Balaban J connectivity index is 1.54. The zero-order valence-corrected chi connectivity index (χ0v) is 20.9. The van der Waals surface area contributed by atoms with Crippen LogP contribution in [0.4, 0.5) is 5.69 Å². The molecule has 2 aromatic carbocycles. The molecule has 7 nitrogen and oxygen atoms in total. The molecule has 1 aromatic heterocycles. The lowest BCUT2D eigenvalue weighted by molar-refractivity contribution is -0.177. The second-order valence-corrected chi connectivity index (χ2v) is 10.6. The summed E-state index contributed by atoms with van der Waals surface area (Å²) in [6, 6.07) is 12.2. The van der Waals surface area contributed by atoms with Crippen LogP contribution in [0.25, 0.3) is 10.9 Å². The Kier molecular flexibility index (Phi) is 6.41. The Morgan fingerprint density at radius 2 is 1.97 bits per heavy atom. The molecule has 2 saturated heterocycles. The van der Waals surface area contributed by atoms with Crippen LogP contribution in [0, 0.1) is 12.3 Å². The van der Waals surface area contributed by atoms with E-state index in [4.69, 9.17) is 19.6 Å². The monoisotopic (exact) mass is 480 g/mol. The van der Waals surface area contributed by atoms with E-state index in [1.54, 1.807) is 0 Å². The van der Waals surface area contributed by atoms with Crippen LogP contribution in [0.5, 0.6) is 0 Å². The van der Waals surface area contributed by atoms with Gasteiger partial charge in [-0.25, -0.2) is 4.98 Å². The number of ether oxygens (including phenoxy) is 2. The molecule has 2 N–H and O–H groups in total. The van der Waals surface area contributed by atoms with E-state index in [1.165, 1.54) is 23.1 Å². The zero-order valence-electron chi connectivity index (χ0n) is 20.0. The summed E-state index contributed by atoms with van der Waals surface area (Å²) in [5.41, 5.74) is 4.11. The average molecular weight is 481 g/mol. The predicted molar refractivity (Wildman–Crippen MR) is 136 cm³/mol. The van der Waals surface area contributed by atoms with Gasteiger partial charge in [-0.05, 0) is 66.8 Å². The fraction of sp³-hybridized carbons (Fsp3) is 0.462. The van der Waals surface area contributed by atoms with Crippen molar-refractivity contribution in [2.75, 3.05) is 37.8 Å². The first kappa shape index (κ1) is 23.4. The number of nitrogens with two attached hydrogens (primary N) is 1. The second-order valence-electron chi connectivity index (χ2n) is 9.86. The van der Waals surface area contributed by atoms with Crippen LogP contribution in [-0.4, -0.2) is 42.5 Å². The summed E-state index contributed by atoms with van der Waals surface area (Å²) in [5.74, 6) is 0.722. The Bertz CT molecular complexity index is 1270. The lowest BCUT2D eigenvalue weighted by Gasteiger charge is -2.44. The van der Waals surface area contributed by atoms with Gasteiger partial charge >= 0.3 is 0 Å². The van der Waals surface area contributed by atoms with Crippen molar-refractivity contribution in [2.24, 2.45) is 10.6 Å². The molecule has 1 atom stereocenters. The number of rotatable bonds is 6. The Morgan fingerprint density at radius 3 is 2.62 bits per heavy atom. The highest BCUT2D eigenvalue weighted by molar-refractivity contribution is 7.97. The number of hydrogen-bond donors (Lipinski definition) is 1. The molecule has 0 radical (unpaired) electrons. The molecule has 5 rings (SSSR count). The van der Waals surface area contributed by atoms with Gasteiger partial charge in [0, 0.05) is 35.6 Å². The topological polar surface area (TPSA) is 82.6 Å². The number of morpholine rings is 1. The minimum Gasteiger partial charge on any atom is -0.378 e. The van der Waals surface area contributed by atoms with Gasteiger partial charge in [0.25, 0.3) is 5.56 Å². The number of aryl methyl sites for hydroxylation is 2. The summed E-state index contributed by atoms with van der Waals surface area (Å²) in [5, 5.41) is 6.35. The van der Waals surface area contributed by atoms with Crippen molar-refractivity contribution in [3.8, 4) is 0 Å². The van der Waals surface area contributed by atoms with Crippen LogP contribution in [0.3, 0.4) is 0 Å². The van der Waals surface area contributed by atoms with E-state index in [0.29, 0.717) is 31.8 Å². The van der Waals surface area contributed by atoms with E-state index in [1.807, 2.05) is 28.8 Å². The normalized spacial score (nSPS) is 19.9. The standard InChI is InChI=1S/C26H32N4O3S/c1-17-14-20(34-27)6-4-18(17)8-9-30-24(23-26(2,3)16-33-23)28-22-15-19(5-7-21(22)25(30)31)29-10-12-32-13-11-29/h4-7,14-15,23H,8-13,16,27H2,1-3H3. The van der Waals surface area contributed by atoms with Gasteiger partial charge in [-0.1, -0.05) is 19.9 Å². The van der Waals surface area contributed by atoms with Gasteiger partial charge in [0.2, 0.25) is 0 Å².